The molecule has 0 bridgehead atoms. The molecule has 1 heterocycles. The first-order chi connectivity index (χ1) is 12.4. The minimum absolute atomic E-state index is 0.136. The van der Waals surface area contributed by atoms with E-state index in [1.807, 2.05) is 26.0 Å². The summed E-state index contributed by atoms with van der Waals surface area (Å²) < 4.78 is 5.73. The van der Waals surface area contributed by atoms with E-state index >= 15 is 0 Å². The van der Waals surface area contributed by atoms with Gasteiger partial charge in [-0.05, 0) is 43.7 Å². The lowest BCUT2D eigenvalue weighted by Gasteiger charge is -2.20. The van der Waals surface area contributed by atoms with Gasteiger partial charge in [0.05, 0.1) is 12.2 Å². The number of nitrogens with one attached hydrogen (secondary N) is 1. The molecular formula is C20H21ClN2O3. The van der Waals surface area contributed by atoms with Crippen LogP contribution in [-0.4, -0.2) is 25.0 Å². The lowest BCUT2D eigenvalue weighted by Crippen LogP contribution is -2.38. The SMILES string of the molecule is CC(=O)N[C@H]1C(=O)N(CCOc2ccc(Cl)cc2)c2c(C)cc(C)cc21. The van der Waals surface area contributed by atoms with Crippen molar-refractivity contribution >= 4 is 29.1 Å². The Kier molecular flexibility index (Phi) is 5.18. The van der Waals surface area contributed by atoms with Crippen LogP contribution in [0, 0.1) is 13.8 Å². The molecule has 5 nitrogen and oxygen atoms in total. The predicted octanol–water partition coefficient (Wildman–Crippen LogP) is 3.56. The van der Waals surface area contributed by atoms with Crippen LogP contribution < -0.4 is 15.0 Å². The number of ether oxygens (including phenoxy) is 1. The Hall–Kier alpha value is -2.53. The van der Waals surface area contributed by atoms with Crippen LogP contribution in [-0.2, 0) is 9.59 Å². The summed E-state index contributed by atoms with van der Waals surface area (Å²) in [6, 6.07) is 10.4. The van der Waals surface area contributed by atoms with Gasteiger partial charge in [-0.2, -0.15) is 0 Å². The molecule has 0 fully saturated rings. The summed E-state index contributed by atoms with van der Waals surface area (Å²) >= 11 is 5.87. The summed E-state index contributed by atoms with van der Waals surface area (Å²) in [5.41, 5.74) is 3.77. The van der Waals surface area contributed by atoms with Crippen LogP contribution in [0.15, 0.2) is 36.4 Å². The van der Waals surface area contributed by atoms with Crippen LogP contribution in [0.5, 0.6) is 5.75 Å². The third-order valence-corrected chi connectivity index (χ3v) is 4.57. The number of hydrogen-bond acceptors (Lipinski definition) is 3. The second-order valence-corrected chi connectivity index (χ2v) is 6.88. The molecular weight excluding hydrogens is 352 g/mol. The molecule has 2 amide bonds. The Morgan fingerprint density at radius 3 is 2.58 bits per heavy atom. The van der Waals surface area contributed by atoms with Crippen LogP contribution in [0.3, 0.4) is 0 Å². The van der Waals surface area contributed by atoms with E-state index in [0.29, 0.717) is 23.9 Å². The first kappa shape index (κ1) is 18.3. The number of carbonyl (C=O) groups excluding carboxylic acids is 2. The van der Waals surface area contributed by atoms with Gasteiger partial charge in [0, 0.05) is 17.5 Å². The number of hydrogen-bond donors (Lipinski definition) is 1. The van der Waals surface area contributed by atoms with Crippen molar-refractivity contribution in [3.8, 4) is 5.75 Å². The average molecular weight is 373 g/mol. The van der Waals surface area contributed by atoms with E-state index in [0.717, 1.165) is 22.4 Å². The average Bonchev–Trinajstić information content (AvgIpc) is 2.82. The number of nitrogens with zero attached hydrogens (tertiary/aromatic N) is 1. The number of halogens is 1. The maximum Gasteiger partial charge on any atom is 0.254 e. The maximum atomic E-state index is 12.9. The third-order valence-electron chi connectivity index (χ3n) is 4.31. The zero-order chi connectivity index (χ0) is 18.8. The van der Waals surface area contributed by atoms with E-state index < -0.39 is 6.04 Å². The van der Waals surface area contributed by atoms with Crippen LogP contribution in [0.1, 0.15) is 29.7 Å². The fourth-order valence-corrected chi connectivity index (χ4v) is 3.46. The first-order valence-corrected chi connectivity index (χ1v) is 8.82. The molecule has 1 aliphatic heterocycles. The number of carbonyl (C=O) groups is 2. The van der Waals surface area contributed by atoms with Gasteiger partial charge in [-0.25, -0.2) is 0 Å². The van der Waals surface area contributed by atoms with Crippen molar-refractivity contribution in [1.82, 2.24) is 5.32 Å². The highest BCUT2D eigenvalue weighted by molar-refractivity contribution is 6.30. The molecule has 0 radical (unpaired) electrons. The van der Waals surface area contributed by atoms with E-state index in [2.05, 4.69) is 5.32 Å². The van der Waals surface area contributed by atoms with Crippen molar-refractivity contribution < 1.29 is 14.3 Å². The van der Waals surface area contributed by atoms with Gasteiger partial charge in [-0.3, -0.25) is 9.59 Å². The molecule has 2 aromatic rings. The molecule has 0 unspecified atom stereocenters. The van der Waals surface area contributed by atoms with Crippen LogP contribution in [0.4, 0.5) is 5.69 Å². The van der Waals surface area contributed by atoms with Crippen molar-refractivity contribution in [3.63, 3.8) is 0 Å². The zero-order valence-electron chi connectivity index (χ0n) is 15.0. The van der Waals surface area contributed by atoms with E-state index in [1.165, 1.54) is 6.92 Å². The number of benzene rings is 2. The van der Waals surface area contributed by atoms with Gasteiger partial charge in [0.25, 0.3) is 5.91 Å². The Balaban J connectivity index is 1.80. The summed E-state index contributed by atoms with van der Waals surface area (Å²) in [5.74, 6) is 0.330. The summed E-state index contributed by atoms with van der Waals surface area (Å²) in [6.45, 7) is 6.11. The van der Waals surface area contributed by atoms with Crippen molar-refractivity contribution in [1.29, 1.82) is 0 Å². The molecule has 2 aromatic carbocycles. The van der Waals surface area contributed by atoms with Gasteiger partial charge in [-0.15, -0.1) is 0 Å². The number of fused-ring (bicyclic) bond motifs is 1. The van der Waals surface area contributed by atoms with E-state index in [1.54, 1.807) is 29.2 Å². The molecule has 0 saturated carbocycles. The molecule has 0 saturated heterocycles. The van der Waals surface area contributed by atoms with Gasteiger partial charge in [0.2, 0.25) is 5.91 Å². The molecule has 0 aliphatic carbocycles. The molecule has 3 rings (SSSR count). The minimum Gasteiger partial charge on any atom is -0.492 e. The highest BCUT2D eigenvalue weighted by Gasteiger charge is 2.38. The maximum absolute atomic E-state index is 12.9. The van der Waals surface area contributed by atoms with Crippen LogP contribution >= 0.6 is 11.6 Å². The fraction of sp³-hybridized carbons (Fsp3) is 0.300. The Morgan fingerprint density at radius 1 is 1.23 bits per heavy atom. The molecule has 1 aliphatic rings. The fourth-order valence-electron chi connectivity index (χ4n) is 3.33. The van der Waals surface area contributed by atoms with Gasteiger partial charge >= 0.3 is 0 Å². The summed E-state index contributed by atoms with van der Waals surface area (Å²) in [7, 11) is 0. The Bertz CT molecular complexity index is 849. The van der Waals surface area contributed by atoms with Gasteiger partial charge in [0.1, 0.15) is 18.4 Å². The van der Waals surface area contributed by atoms with Crippen molar-refractivity contribution in [2.24, 2.45) is 0 Å². The monoisotopic (exact) mass is 372 g/mol. The number of rotatable bonds is 5. The first-order valence-electron chi connectivity index (χ1n) is 8.45. The second kappa shape index (κ2) is 7.38. The predicted molar refractivity (Wildman–Crippen MR) is 102 cm³/mol. The number of aryl methyl sites for hydroxylation is 2. The minimum atomic E-state index is -0.642. The van der Waals surface area contributed by atoms with Crippen molar-refractivity contribution in [3.05, 3.63) is 58.1 Å². The van der Waals surface area contributed by atoms with E-state index in [-0.39, 0.29) is 11.8 Å². The summed E-state index contributed by atoms with van der Waals surface area (Å²) in [5, 5.41) is 3.40. The van der Waals surface area contributed by atoms with Gasteiger partial charge in [0.15, 0.2) is 0 Å². The third kappa shape index (κ3) is 3.68. The van der Waals surface area contributed by atoms with E-state index in [4.69, 9.17) is 16.3 Å². The molecule has 6 heteroatoms. The van der Waals surface area contributed by atoms with E-state index in [9.17, 15) is 9.59 Å². The quantitative estimate of drug-likeness (QED) is 0.873. The zero-order valence-corrected chi connectivity index (χ0v) is 15.8. The molecule has 136 valence electrons. The summed E-state index contributed by atoms with van der Waals surface area (Å²) in [4.78, 5) is 26.1. The Morgan fingerprint density at radius 2 is 1.92 bits per heavy atom. The standard InChI is InChI=1S/C20H21ClN2O3/c1-12-10-13(2)19-17(11-12)18(22-14(3)24)20(25)23(19)8-9-26-16-6-4-15(21)5-7-16/h4-7,10-11,18H,8-9H2,1-3H3,(H,22,24)/t18-/m1/s1. The van der Waals surface area contributed by atoms with Crippen molar-refractivity contribution in [2.45, 2.75) is 26.8 Å². The molecule has 26 heavy (non-hydrogen) atoms. The molecule has 1 N–H and O–H groups in total. The molecule has 1 atom stereocenters. The highest BCUT2D eigenvalue weighted by Crippen LogP contribution is 2.39. The molecule has 0 spiro atoms. The topological polar surface area (TPSA) is 58.6 Å². The highest BCUT2D eigenvalue weighted by atomic mass is 35.5. The van der Waals surface area contributed by atoms with Gasteiger partial charge < -0.3 is 15.0 Å². The molecule has 0 aromatic heterocycles. The normalized spacial score (nSPS) is 15.8. The van der Waals surface area contributed by atoms with Gasteiger partial charge in [-0.1, -0.05) is 29.3 Å². The number of anilines is 1. The summed E-state index contributed by atoms with van der Waals surface area (Å²) in [6.07, 6.45) is 0. The van der Waals surface area contributed by atoms with Crippen LogP contribution in [0.2, 0.25) is 5.02 Å². The van der Waals surface area contributed by atoms with Crippen LogP contribution in [0.25, 0.3) is 0 Å². The second-order valence-electron chi connectivity index (χ2n) is 6.45. The lowest BCUT2D eigenvalue weighted by molar-refractivity contribution is -0.126. The Labute approximate surface area is 157 Å². The smallest absolute Gasteiger partial charge is 0.254 e. The number of amides is 2. The largest absolute Gasteiger partial charge is 0.492 e. The lowest BCUT2D eigenvalue weighted by atomic mass is 10.0. The van der Waals surface area contributed by atoms with Crippen molar-refractivity contribution in [2.75, 3.05) is 18.1 Å².